The predicted molar refractivity (Wildman–Crippen MR) is 100 cm³/mol. The molecular formula is C19H16BrNO4. The molecule has 0 fully saturated rings. The number of esters is 1. The van der Waals surface area contributed by atoms with Gasteiger partial charge in [0.1, 0.15) is 12.2 Å². The summed E-state index contributed by atoms with van der Waals surface area (Å²) in [6.45, 7) is -0.00520. The molecule has 6 heteroatoms. The van der Waals surface area contributed by atoms with Gasteiger partial charge >= 0.3 is 11.6 Å². The molecule has 128 valence electrons. The van der Waals surface area contributed by atoms with Gasteiger partial charge in [0.25, 0.3) is 0 Å². The smallest absolute Gasteiger partial charge is 0.338 e. The number of nitrogens with zero attached hydrogens (tertiary/aromatic N) is 1. The SMILES string of the molecule is CN(C)c1cccc(C(=O)OCc2cc(=O)oc3cc(Br)ccc23)c1. The second-order valence-electron chi connectivity index (χ2n) is 5.75. The molecule has 0 saturated carbocycles. The first kappa shape index (κ1) is 17.2. The second-order valence-corrected chi connectivity index (χ2v) is 6.67. The molecule has 0 spiro atoms. The van der Waals surface area contributed by atoms with E-state index in [2.05, 4.69) is 15.9 Å². The van der Waals surface area contributed by atoms with Gasteiger partial charge in [0.15, 0.2) is 0 Å². The molecule has 0 unspecified atom stereocenters. The Morgan fingerprint density at radius 1 is 1.16 bits per heavy atom. The lowest BCUT2D eigenvalue weighted by atomic mass is 10.1. The minimum absolute atomic E-state index is 0.00520. The molecule has 0 amide bonds. The quantitative estimate of drug-likeness (QED) is 0.488. The highest BCUT2D eigenvalue weighted by atomic mass is 79.9. The number of hydrogen-bond donors (Lipinski definition) is 0. The zero-order chi connectivity index (χ0) is 18.0. The summed E-state index contributed by atoms with van der Waals surface area (Å²) in [7, 11) is 3.80. The number of benzene rings is 2. The summed E-state index contributed by atoms with van der Waals surface area (Å²) in [5.74, 6) is -0.442. The summed E-state index contributed by atoms with van der Waals surface area (Å²) in [5.41, 5.74) is 1.94. The van der Waals surface area contributed by atoms with Crippen LogP contribution in [-0.4, -0.2) is 20.1 Å². The fourth-order valence-electron chi connectivity index (χ4n) is 2.46. The van der Waals surface area contributed by atoms with Crippen molar-refractivity contribution in [2.24, 2.45) is 0 Å². The van der Waals surface area contributed by atoms with E-state index < -0.39 is 11.6 Å². The molecule has 0 atom stereocenters. The number of ether oxygens (including phenoxy) is 1. The van der Waals surface area contributed by atoms with E-state index in [0.717, 1.165) is 15.5 Å². The number of carbonyl (C=O) groups excluding carboxylic acids is 1. The van der Waals surface area contributed by atoms with Crippen LogP contribution >= 0.6 is 15.9 Å². The normalized spacial score (nSPS) is 10.7. The third-order valence-electron chi connectivity index (χ3n) is 3.75. The molecule has 1 heterocycles. The van der Waals surface area contributed by atoms with E-state index in [0.29, 0.717) is 16.7 Å². The number of hydrogen-bond acceptors (Lipinski definition) is 5. The van der Waals surface area contributed by atoms with E-state index in [1.165, 1.54) is 6.07 Å². The maximum atomic E-state index is 12.3. The van der Waals surface area contributed by atoms with Crippen LogP contribution in [0.1, 0.15) is 15.9 Å². The molecular weight excluding hydrogens is 386 g/mol. The summed E-state index contributed by atoms with van der Waals surface area (Å²) in [6.07, 6.45) is 0. The minimum atomic E-state index is -0.480. The van der Waals surface area contributed by atoms with E-state index in [9.17, 15) is 9.59 Å². The van der Waals surface area contributed by atoms with Crippen molar-refractivity contribution in [1.82, 2.24) is 0 Å². The highest BCUT2D eigenvalue weighted by molar-refractivity contribution is 9.10. The lowest BCUT2D eigenvalue weighted by Crippen LogP contribution is -2.11. The van der Waals surface area contributed by atoms with Gasteiger partial charge in [-0.25, -0.2) is 9.59 Å². The predicted octanol–water partition coefficient (Wildman–Crippen LogP) is 3.98. The molecule has 0 saturated heterocycles. The van der Waals surface area contributed by atoms with Gasteiger partial charge < -0.3 is 14.1 Å². The number of carbonyl (C=O) groups is 1. The van der Waals surface area contributed by atoms with E-state index in [4.69, 9.17) is 9.15 Å². The summed E-state index contributed by atoms with van der Waals surface area (Å²) < 4.78 is 11.4. The van der Waals surface area contributed by atoms with Crippen LogP contribution in [0.15, 0.2) is 62.2 Å². The third kappa shape index (κ3) is 3.91. The van der Waals surface area contributed by atoms with Crippen molar-refractivity contribution in [3.63, 3.8) is 0 Å². The van der Waals surface area contributed by atoms with Crippen LogP contribution in [-0.2, 0) is 11.3 Å². The molecule has 0 radical (unpaired) electrons. The molecule has 0 aliphatic heterocycles. The van der Waals surface area contributed by atoms with Crippen LogP contribution in [0, 0.1) is 0 Å². The molecule has 3 rings (SSSR count). The highest BCUT2D eigenvalue weighted by Gasteiger charge is 2.12. The van der Waals surface area contributed by atoms with E-state index in [-0.39, 0.29) is 6.61 Å². The summed E-state index contributed by atoms with van der Waals surface area (Å²) in [4.78, 5) is 25.9. The van der Waals surface area contributed by atoms with Crippen molar-refractivity contribution in [1.29, 1.82) is 0 Å². The lowest BCUT2D eigenvalue weighted by Gasteiger charge is -2.13. The second kappa shape index (κ2) is 7.11. The van der Waals surface area contributed by atoms with Gasteiger partial charge in [0.05, 0.1) is 5.56 Å². The Morgan fingerprint density at radius 3 is 2.72 bits per heavy atom. The first-order valence-corrected chi connectivity index (χ1v) is 8.40. The standard InChI is InChI=1S/C19H16BrNO4/c1-21(2)15-5-3-4-12(8-15)19(23)24-11-13-9-18(22)25-17-10-14(20)6-7-16(13)17/h3-10H,11H2,1-2H3. The van der Waals surface area contributed by atoms with Crippen LogP contribution < -0.4 is 10.5 Å². The minimum Gasteiger partial charge on any atom is -0.457 e. The van der Waals surface area contributed by atoms with Gasteiger partial charge in [-0.05, 0) is 36.4 Å². The van der Waals surface area contributed by atoms with Gasteiger partial charge in [-0.1, -0.05) is 22.0 Å². The molecule has 3 aromatic rings. The molecule has 0 bridgehead atoms. The molecule has 25 heavy (non-hydrogen) atoms. The van der Waals surface area contributed by atoms with E-state index in [1.54, 1.807) is 24.3 Å². The van der Waals surface area contributed by atoms with Crippen LogP contribution in [0.3, 0.4) is 0 Å². The van der Waals surface area contributed by atoms with Gasteiger partial charge in [-0.2, -0.15) is 0 Å². The number of rotatable bonds is 4. The molecule has 0 aliphatic rings. The van der Waals surface area contributed by atoms with Crippen LogP contribution in [0.4, 0.5) is 5.69 Å². The Balaban J connectivity index is 1.84. The molecule has 1 aromatic heterocycles. The van der Waals surface area contributed by atoms with Crippen molar-refractivity contribution in [2.75, 3.05) is 19.0 Å². The lowest BCUT2D eigenvalue weighted by molar-refractivity contribution is 0.0474. The summed E-state index contributed by atoms with van der Waals surface area (Å²) in [5, 5.41) is 0.734. The zero-order valence-electron chi connectivity index (χ0n) is 13.8. The Hall–Kier alpha value is -2.60. The molecule has 2 aromatic carbocycles. The molecule has 0 aliphatic carbocycles. The fourth-order valence-corrected chi connectivity index (χ4v) is 2.80. The molecule has 5 nitrogen and oxygen atoms in total. The maximum absolute atomic E-state index is 12.3. The van der Waals surface area contributed by atoms with Crippen LogP contribution in [0.25, 0.3) is 11.0 Å². The van der Waals surface area contributed by atoms with Gasteiger partial charge in [-0.15, -0.1) is 0 Å². The van der Waals surface area contributed by atoms with E-state index >= 15 is 0 Å². The average Bonchev–Trinajstić information content (AvgIpc) is 2.58. The Kier molecular flexibility index (Phi) is 4.90. The Bertz CT molecular complexity index is 994. The number of fused-ring (bicyclic) bond motifs is 1. The van der Waals surface area contributed by atoms with Crippen molar-refractivity contribution in [3.05, 3.63) is 74.6 Å². The fraction of sp³-hybridized carbons (Fsp3) is 0.158. The first-order valence-electron chi connectivity index (χ1n) is 7.61. The van der Waals surface area contributed by atoms with Crippen molar-refractivity contribution in [2.45, 2.75) is 6.61 Å². The highest BCUT2D eigenvalue weighted by Crippen LogP contribution is 2.22. The largest absolute Gasteiger partial charge is 0.457 e. The van der Waals surface area contributed by atoms with Crippen molar-refractivity contribution >= 4 is 38.6 Å². The monoisotopic (exact) mass is 401 g/mol. The summed E-state index contributed by atoms with van der Waals surface area (Å²) >= 11 is 3.34. The number of halogens is 1. The first-order chi connectivity index (χ1) is 11.9. The van der Waals surface area contributed by atoms with E-state index in [1.807, 2.05) is 37.2 Å². The molecule has 0 N–H and O–H groups in total. The average molecular weight is 402 g/mol. The van der Waals surface area contributed by atoms with Crippen LogP contribution in [0.5, 0.6) is 0 Å². The van der Waals surface area contributed by atoms with Gasteiger partial charge in [-0.3, -0.25) is 0 Å². The topological polar surface area (TPSA) is 59.8 Å². The van der Waals surface area contributed by atoms with Crippen molar-refractivity contribution < 1.29 is 13.9 Å². The number of anilines is 1. The maximum Gasteiger partial charge on any atom is 0.338 e. The van der Waals surface area contributed by atoms with Gasteiger partial charge in [0.2, 0.25) is 0 Å². The zero-order valence-corrected chi connectivity index (χ0v) is 15.4. The third-order valence-corrected chi connectivity index (χ3v) is 4.24. The van der Waals surface area contributed by atoms with Gasteiger partial charge in [0, 0.05) is 41.3 Å². The van der Waals surface area contributed by atoms with Crippen LogP contribution in [0.2, 0.25) is 0 Å². The summed E-state index contributed by atoms with van der Waals surface area (Å²) in [6, 6.07) is 13.9. The Morgan fingerprint density at radius 2 is 1.96 bits per heavy atom. The van der Waals surface area contributed by atoms with Crippen molar-refractivity contribution in [3.8, 4) is 0 Å². The Labute approximate surface area is 152 Å².